The topological polar surface area (TPSA) is 73.8 Å². The number of carbonyl (C=O) groups is 1. The van der Waals surface area contributed by atoms with Gasteiger partial charge in [-0.2, -0.15) is 15.1 Å². The molecule has 0 unspecified atom stereocenters. The fourth-order valence-electron chi connectivity index (χ4n) is 3.06. The summed E-state index contributed by atoms with van der Waals surface area (Å²) in [5.74, 6) is -0.102. The van der Waals surface area contributed by atoms with Crippen molar-refractivity contribution in [2.45, 2.75) is 27.3 Å². The molecule has 1 N–H and O–H groups in total. The molecule has 6 nitrogen and oxygen atoms in total. The number of aromatic nitrogens is 1. The summed E-state index contributed by atoms with van der Waals surface area (Å²) in [7, 11) is 0. The quantitative estimate of drug-likeness (QED) is 0.797. The predicted octanol–water partition coefficient (Wildman–Crippen LogP) is 4.12. The van der Waals surface area contributed by atoms with Crippen molar-refractivity contribution in [2.24, 2.45) is 16.0 Å². The summed E-state index contributed by atoms with van der Waals surface area (Å²) in [6, 6.07) is 12.1. The largest absolute Gasteiger partial charge is 0.344 e. The van der Waals surface area contributed by atoms with Gasteiger partial charge in [0.2, 0.25) is 5.17 Å². The SMILES string of the molecule is Cc1ccccc1Cn1cccc1/C=C1/C(=N)N2N=C(C(C)C)SC2=NC1=O. The van der Waals surface area contributed by atoms with Gasteiger partial charge in [-0.3, -0.25) is 10.2 Å². The summed E-state index contributed by atoms with van der Waals surface area (Å²) in [5.41, 5.74) is 3.54. The zero-order chi connectivity index (χ0) is 19.8. The van der Waals surface area contributed by atoms with Crippen molar-refractivity contribution in [1.82, 2.24) is 9.58 Å². The fourth-order valence-corrected chi connectivity index (χ4v) is 3.95. The fraction of sp³-hybridized carbons (Fsp3) is 0.238. The number of thioether (sulfide) groups is 1. The minimum absolute atomic E-state index is 0.0711. The van der Waals surface area contributed by atoms with Crippen LogP contribution in [-0.4, -0.2) is 31.5 Å². The lowest BCUT2D eigenvalue weighted by atomic mass is 10.1. The van der Waals surface area contributed by atoms with Crippen LogP contribution in [0.2, 0.25) is 0 Å². The van der Waals surface area contributed by atoms with E-state index in [-0.39, 0.29) is 17.3 Å². The zero-order valence-electron chi connectivity index (χ0n) is 16.0. The Morgan fingerprint density at radius 2 is 2.00 bits per heavy atom. The highest BCUT2D eigenvalue weighted by atomic mass is 32.2. The summed E-state index contributed by atoms with van der Waals surface area (Å²) in [6.07, 6.45) is 3.71. The van der Waals surface area contributed by atoms with Crippen LogP contribution in [-0.2, 0) is 11.3 Å². The van der Waals surface area contributed by atoms with E-state index in [0.717, 1.165) is 10.7 Å². The first-order valence-corrected chi connectivity index (χ1v) is 9.95. The number of amides is 1. The van der Waals surface area contributed by atoms with Crippen LogP contribution in [0.25, 0.3) is 6.08 Å². The van der Waals surface area contributed by atoms with E-state index in [1.165, 1.54) is 27.9 Å². The van der Waals surface area contributed by atoms with Gasteiger partial charge in [-0.1, -0.05) is 38.1 Å². The number of hydrazone groups is 1. The van der Waals surface area contributed by atoms with Crippen molar-refractivity contribution >= 4 is 39.8 Å². The second-order valence-electron chi connectivity index (χ2n) is 7.10. The van der Waals surface area contributed by atoms with Crippen molar-refractivity contribution in [1.29, 1.82) is 5.41 Å². The van der Waals surface area contributed by atoms with E-state index < -0.39 is 5.91 Å². The summed E-state index contributed by atoms with van der Waals surface area (Å²) in [5, 5.41) is 15.7. The van der Waals surface area contributed by atoms with Crippen LogP contribution >= 0.6 is 11.8 Å². The van der Waals surface area contributed by atoms with Gasteiger partial charge in [0, 0.05) is 24.4 Å². The third-order valence-electron chi connectivity index (χ3n) is 4.72. The van der Waals surface area contributed by atoms with Gasteiger partial charge in [0.05, 0.1) is 5.57 Å². The number of hydrogen-bond donors (Lipinski definition) is 1. The van der Waals surface area contributed by atoms with Gasteiger partial charge in [0.25, 0.3) is 5.91 Å². The molecule has 1 amide bonds. The molecule has 2 aliphatic rings. The highest BCUT2D eigenvalue weighted by Crippen LogP contribution is 2.30. The van der Waals surface area contributed by atoms with Gasteiger partial charge in [0.15, 0.2) is 5.84 Å². The number of aliphatic imine (C=N–C) groups is 1. The molecule has 0 bridgehead atoms. The van der Waals surface area contributed by atoms with Crippen LogP contribution in [0.3, 0.4) is 0 Å². The molecular weight excluding hydrogens is 370 g/mol. The number of aryl methyl sites for hydroxylation is 1. The number of amidine groups is 2. The van der Waals surface area contributed by atoms with Crippen molar-refractivity contribution in [3.63, 3.8) is 0 Å². The molecule has 142 valence electrons. The van der Waals surface area contributed by atoms with Crippen molar-refractivity contribution in [2.75, 3.05) is 0 Å². The lowest BCUT2D eigenvalue weighted by molar-refractivity contribution is -0.114. The molecule has 28 heavy (non-hydrogen) atoms. The summed E-state index contributed by atoms with van der Waals surface area (Å²) in [4.78, 5) is 16.7. The average Bonchev–Trinajstić information content (AvgIpc) is 3.27. The molecule has 4 rings (SSSR count). The number of hydrogen-bond acceptors (Lipinski definition) is 4. The van der Waals surface area contributed by atoms with E-state index in [4.69, 9.17) is 5.41 Å². The molecule has 0 saturated heterocycles. The lowest BCUT2D eigenvalue weighted by Crippen LogP contribution is -2.35. The summed E-state index contributed by atoms with van der Waals surface area (Å²) in [6.45, 7) is 6.85. The first kappa shape index (κ1) is 18.4. The summed E-state index contributed by atoms with van der Waals surface area (Å²) >= 11 is 1.36. The highest BCUT2D eigenvalue weighted by Gasteiger charge is 2.36. The molecule has 7 heteroatoms. The maximum Gasteiger partial charge on any atom is 0.283 e. The predicted molar refractivity (Wildman–Crippen MR) is 115 cm³/mol. The third kappa shape index (κ3) is 3.33. The Labute approximate surface area is 168 Å². The van der Waals surface area contributed by atoms with Crippen LogP contribution < -0.4 is 0 Å². The van der Waals surface area contributed by atoms with E-state index in [2.05, 4.69) is 33.7 Å². The molecule has 0 saturated carbocycles. The molecule has 0 atom stereocenters. The molecular formula is C21H21N5OS. The van der Waals surface area contributed by atoms with Crippen molar-refractivity contribution in [3.8, 4) is 0 Å². The van der Waals surface area contributed by atoms with E-state index in [1.807, 2.05) is 44.3 Å². The Hall–Kier alpha value is -2.93. The minimum atomic E-state index is -0.396. The van der Waals surface area contributed by atoms with Gasteiger partial charge in [0.1, 0.15) is 5.04 Å². The Morgan fingerprint density at radius 3 is 2.75 bits per heavy atom. The molecule has 3 heterocycles. The Morgan fingerprint density at radius 1 is 1.21 bits per heavy atom. The lowest BCUT2D eigenvalue weighted by Gasteiger charge is -2.20. The molecule has 0 radical (unpaired) electrons. The first-order chi connectivity index (χ1) is 13.4. The van der Waals surface area contributed by atoms with Gasteiger partial charge < -0.3 is 4.57 Å². The zero-order valence-corrected chi connectivity index (χ0v) is 16.8. The van der Waals surface area contributed by atoms with Gasteiger partial charge in [-0.15, -0.1) is 0 Å². The number of rotatable bonds is 4. The standard InChI is InChI=1S/C21H21N5OS/c1-13(2)20-24-26-18(22)17(19(27)23-21(26)28-20)11-16-9-6-10-25(16)12-15-8-5-4-7-14(15)3/h4-11,13,22H,12H2,1-3H3/b17-11-,22-18?. The maximum atomic E-state index is 12.6. The highest BCUT2D eigenvalue weighted by molar-refractivity contribution is 8.27. The molecule has 1 aromatic heterocycles. The Bertz CT molecular complexity index is 1060. The van der Waals surface area contributed by atoms with E-state index in [0.29, 0.717) is 11.7 Å². The van der Waals surface area contributed by atoms with E-state index in [1.54, 1.807) is 6.08 Å². The number of carbonyl (C=O) groups excluding carboxylic acids is 1. The first-order valence-electron chi connectivity index (χ1n) is 9.14. The molecule has 0 spiro atoms. The van der Waals surface area contributed by atoms with Crippen LogP contribution in [0.1, 0.15) is 30.7 Å². The number of benzene rings is 1. The van der Waals surface area contributed by atoms with Gasteiger partial charge in [-0.05, 0) is 48.0 Å². The summed E-state index contributed by atoms with van der Waals surface area (Å²) < 4.78 is 2.07. The van der Waals surface area contributed by atoms with E-state index in [9.17, 15) is 4.79 Å². The maximum absolute atomic E-state index is 12.6. The van der Waals surface area contributed by atoms with Crippen LogP contribution in [0, 0.1) is 18.3 Å². The van der Waals surface area contributed by atoms with Crippen molar-refractivity contribution in [3.05, 3.63) is 65.0 Å². The molecule has 1 aromatic carbocycles. The monoisotopic (exact) mass is 391 g/mol. The molecule has 0 fully saturated rings. The smallest absolute Gasteiger partial charge is 0.283 e. The Kier molecular flexibility index (Phi) is 4.77. The second-order valence-corrected chi connectivity index (χ2v) is 8.09. The number of nitrogens with one attached hydrogen (secondary N) is 1. The van der Waals surface area contributed by atoms with Gasteiger partial charge in [-0.25, -0.2) is 0 Å². The molecule has 0 aliphatic carbocycles. The number of fused-ring (bicyclic) bond motifs is 1. The Balaban J connectivity index is 1.66. The third-order valence-corrected chi connectivity index (χ3v) is 5.93. The number of nitrogens with zero attached hydrogens (tertiary/aromatic N) is 4. The van der Waals surface area contributed by atoms with E-state index >= 15 is 0 Å². The average molecular weight is 392 g/mol. The minimum Gasteiger partial charge on any atom is -0.344 e. The van der Waals surface area contributed by atoms with Crippen LogP contribution in [0.4, 0.5) is 0 Å². The molecule has 2 aliphatic heterocycles. The van der Waals surface area contributed by atoms with Crippen molar-refractivity contribution < 1.29 is 4.79 Å². The van der Waals surface area contributed by atoms with Gasteiger partial charge >= 0.3 is 0 Å². The second kappa shape index (κ2) is 7.24. The normalized spacial score (nSPS) is 18.0. The van der Waals surface area contributed by atoms with Crippen LogP contribution in [0.5, 0.6) is 0 Å². The van der Waals surface area contributed by atoms with Crippen LogP contribution in [0.15, 0.2) is 58.3 Å². The molecule has 2 aromatic rings.